The van der Waals surface area contributed by atoms with Gasteiger partial charge >= 0.3 is 0 Å². The van der Waals surface area contributed by atoms with Gasteiger partial charge in [0.2, 0.25) is 5.76 Å². The van der Waals surface area contributed by atoms with E-state index in [0.29, 0.717) is 6.01 Å². The molecule has 1 aromatic rings. The van der Waals surface area contributed by atoms with Gasteiger partial charge in [-0.05, 0) is 18.8 Å². The zero-order chi connectivity index (χ0) is 10.8. The van der Waals surface area contributed by atoms with Crippen molar-refractivity contribution < 1.29 is 9.21 Å². The van der Waals surface area contributed by atoms with Crippen LogP contribution in [0.4, 0.5) is 6.01 Å². The average Bonchev–Trinajstić information content (AvgIpc) is 2.68. The average molecular weight is 209 g/mol. The molecule has 1 fully saturated rings. The van der Waals surface area contributed by atoms with Crippen LogP contribution in [-0.2, 0) is 0 Å². The van der Waals surface area contributed by atoms with Gasteiger partial charge in [0.15, 0.2) is 0 Å². The van der Waals surface area contributed by atoms with Crippen molar-refractivity contribution in [3.8, 4) is 0 Å². The molecule has 0 spiro atoms. The van der Waals surface area contributed by atoms with Crippen molar-refractivity contribution in [1.82, 2.24) is 4.98 Å². The highest BCUT2D eigenvalue weighted by molar-refractivity contribution is 5.89. The van der Waals surface area contributed by atoms with E-state index in [1.807, 2.05) is 4.90 Å². The van der Waals surface area contributed by atoms with Gasteiger partial charge in [0.1, 0.15) is 0 Å². The van der Waals surface area contributed by atoms with E-state index in [2.05, 4.69) is 11.9 Å². The Labute approximate surface area is 88.3 Å². The van der Waals surface area contributed by atoms with E-state index in [1.165, 1.54) is 6.20 Å². The molecule has 1 aromatic heterocycles. The zero-order valence-corrected chi connectivity index (χ0v) is 8.77. The molecule has 1 amide bonds. The van der Waals surface area contributed by atoms with Crippen molar-refractivity contribution >= 4 is 11.9 Å². The minimum atomic E-state index is -0.570. The van der Waals surface area contributed by atoms with Crippen LogP contribution in [0.5, 0.6) is 0 Å². The van der Waals surface area contributed by atoms with Gasteiger partial charge < -0.3 is 15.1 Å². The van der Waals surface area contributed by atoms with Gasteiger partial charge in [0.25, 0.3) is 11.9 Å². The fourth-order valence-corrected chi connectivity index (χ4v) is 1.72. The van der Waals surface area contributed by atoms with Gasteiger partial charge in [0.05, 0.1) is 6.20 Å². The Bertz CT molecular complexity index is 353. The molecule has 5 nitrogen and oxygen atoms in total. The molecule has 0 bridgehead atoms. The molecule has 1 saturated heterocycles. The van der Waals surface area contributed by atoms with E-state index >= 15 is 0 Å². The standard InChI is InChI=1S/C10H15N3O2/c1-7-2-4-13(5-3-7)10-12-6-8(15-10)9(11)14/h6-7H,2-5H2,1H3,(H2,11,14). The van der Waals surface area contributed by atoms with Crippen LogP contribution in [-0.4, -0.2) is 24.0 Å². The van der Waals surface area contributed by atoms with E-state index in [-0.39, 0.29) is 5.76 Å². The first-order chi connectivity index (χ1) is 7.16. The normalized spacial score (nSPS) is 18.1. The first kappa shape index (κ1) is 10.0. The Morgan fingerprint density at radius 1 is 1.60 bits per heavy atom. The fourth-order valence-electron chi connectivity index (χ4n) is 1.72. The predicted molar refractivity (Wildman–Crippen MR) is 55.6 cm³/mol. The molecule has 1 aliphatic rings. The monoisotopic (exact) mass is 209 g/mol. The second kappa shape index (κ2) is 3.92. The molecule has 2 N–H and O–H groups in total. The summed E-state index contributed by atoms with van der Waals surface area (Å²) in [5, 5.41) is 0. The predicted octanol–water partition coefficient (Wildman–Crippen LogP) is 1.01. The lowest BCUT2D eigenvalue weighted by molar-refractivity contribution is 0.0974. The second-order valence-corrected chi connectivity index (χ2v) is 4.04. The van der Waals surface area contributed by atoms with E-state index in [1.54, 1.807) is 0 Å². The summed E-state index contributed by atoms with van der Waals surface area (Å²) in [6.07, 6.45) is 3.65. The number of oxazole rings is 1. The summed E-state index contributed by atoms with van der Waals surface area (Å²) in [6, 6.07) is 0.510. The lowest BCUT2D eigenvalue weighted by Crippen LogP contribution is -2.32. The van der Waals surface area contributed by atoms with Crippen LogP contribution in [0.25, 0.3) is 0 Å². The lowest BCUT2D eigenvalue weighted by atomic mass is 10.00. The maximum atomic E-state index is 10.8. The van der Waals surface area contributed by atoms with Crippen LogP contribution in [0.2, 0.25) is 0 Å². The summed E-state index contributed by atoms with van der Waals surface area (Å²) in [4.78, 5) is 16.9. The topological polar surface area (TPSA) is 72.4 Å². The minimum Gasteiger partial charge on any atom is -0.418 e. The van der Waals surface area contributed by atoms with Gasteiger partial charge in [-0.3, -0.25) is 4.79 Å². The molecule has 2 rings (SSSR count). The maximum absolute atomic E-state index is 10.8. The number of rotatable bonds is 2. The van der Waals surface area contributed by atoms with Crippen molar-refractivity contribution in [2.45, 2.75) is 19.8 Å². The fraction of sp³-hybridized carbons (Fsp3) is 0.600. The van der Waals surface area contributed by atoms with E-state index in [0.717, 1.165) is 31.8 Å². The molecule has 0 saturated carbocycles. The molecule has 0 atom stereocenters. The number of anilines is 1. The molecule has 2 heterocycles. The molecule has 0 aromatic carbocycles. The number of hydrogen-bond donors (Lipinski definition) is 1. The Hall–Kier alpha value is -1.52. The first-order valence-corrected chi connectivity index (χ1v) is 5.17. The molecule has 0 aliphatic carbocycles. The van der Waals surface area contributed by atoms with Crippen LogP contribution in [0.3, 0.4) is 0 Å². The third-order valence-electron chi connectivity index (χ3n) is 2.79. The first-order valence-electron chi connectivity index (χ1n) is 5.17. The number of primary amides is 1. The van der Waals surface area contributed by atoms with Gasteiger partial charge in [-0.2, -0.15) is 0 Å². The van der Waals surface area contributed by atoms with Crippen molar-refractivity contribution in [2.24, 2.45) is 11.7 Å². The summed E-state index contributed by atoms with van der Waals surface area (Å²) in [6.45, 7) is 4.10. The molecular weight excluding hydrogens is 194 g/mol. The number of carbonyl (C=O) groups excluding carboxylic acids is 1. The third kappa shape index (κ3) is 2.11. The molecule has 5 heteroatoms. The van der Waals surface area contributed by atoms with Crippen LogP contribution < -0.4 is 10.6 Å². The number of hydrogen-bond acceptors (Lipinski definition) is 4. The highest BCUT2D eigenvalue weighted by Crippen LogP contribution is 2.22. The number of aromatic nitrogens is 1. The number of amides is 1. The summed E-state index contributed by atoms with van der Waals surface area (Å²) in [7, 11) is 0. The van der Waals surface area contributed by atoms with Gasteiger partial charge in [0, 0.05) is 13.1 Å². The molecule has 15 heavy (non-hydrogen) atoms. The smallest absolute Gasteiger partial charge is 0.297 e. The van der Waals surface area contributed by atoms with Crippen LogP contribution in [0.15, 0.2) is 10.6 Å². The Kier molecular flexibility index (Phi) is 2.62. The largest absolute Gasteiger partial charge is 0.418 e. The number of nitrogens with two attached hydrogens (primary N) is 1. The SMILES string of the molecule is CC1CCN(c2ncc(C(N)=O)o2)CC1. The number of carbonyl (C=O) groups is 1. The number of piperidine rings is 1. The summed E-state index contributed by atoms with van der Waals surface area (Å²) >= 11 is 0. The zero-order valence-electron chi connectivity index (χ0n) is 8.77. The van der Waals surface area contributed by atoms with Crippen molar-refractivity contribution in [3.63, 3.8) is 0 Å². The Morgan fingerprint density at radius 3 is 2.80 bits per heavy atom. The highest BCUT2D eigenvalue weighted by atomic mass is 16.4. The molecule has 0 radical (unpaired) electrons. The molecule has 0 unspecified atom stereocenters. The van der Waals surface area contributed by atoms with Crippen LogP contribution in [0, 0.1) is 5.92 Å². The summed E-state index contributed by atoms with van der Waals surface area (Å²) < 4.78 is 5.26. The minimum absolute atomic E-state index is 0.128. The van der Waals surface area contributed by atoms with Crippen molar-refractivity contribution in [1.29, 1.82) is 0 Å². The van der Waals surface area contributed by atoms with Crippen LogP contribution in [0.1, 0.15) is 30.3 Å². The quantitative estimate of drug-likeness (QED) is 0.789. The lowest BCUT2D eigenvalue weighted by Gasteiger charge is -2.28. The summed E-state index contributed by atoms with van der Waals surface area (Å²) in [5.74, 6) is 0.314. The highest BCUT2D eigenvalue weighted by Gasteiger charge is 2.20. The van der Waals surface area contributed by atoms with Crippen molar-refractivity contribution in [3.05, 3.63) is 12.0 Å². The maximum Gasteiger partial charge on any atom is 0.297 e. The molecule has 1 aliphatic heterocycles. The Balaban J connectivity index is 2.06. The number of nitrogens with zero attached hydrogens (tertiary/aromatic N) is 2. The van der Waals surface area contributed by atoms with E-state index < -0.39 is 5.91 Å². The van der Waals surface area contributed by atoms with Gasteiger partial charge in [-0.25, -0.2) is 4.98 Å². The summed E-state index contributed by atoms with van der Waals surface area (Å²) in [5.41, 5.74) is 5.09. The molecular formula is C10H15N3O2. The molecule has 82 valence electrons. The van der Waals surface area contributed by atoms with E-state index in [4.69, 9.17) is 10.2 Å². The van der Waals surface area contributed by atoms with E-state index in [9.17, 15) is 4.79 Å². The van der Waals surface area contributed by atoms with Gasteiger partial charge in [-0.1, -0.05) is 6.92 Å². The van der Waals surface area contributed by atoms with Crippen molar-refractivity contribution in [2.75, 3.05) is 18.0 Å². The third-order valence-corrected chi connectivity index (χ3v) is 2.79. The van der Waals surface area contributed by atoms with Gasteiger partial charge in [-0.15, -0.1) is 0 Å². The van der Waals surface area contributed by atoms with Crippen LogP contribution >= 0.6 is 0 Å². The second-order valence-electron chi connectivity index (χ2n) is 4.04. The Morgan fingerprint density at radius 2 is 2.27 bits per heavy atom.